The number of fused-ring (bicyclic) bond motifs is 1. The summed E-state index contributed by atoms with van der Waals surface area (Å²) in [6.07, 6.45) is 8.14. The van der Waals surface area contributed by atoms with Crippen LogP contribution in [-0.2, 0) is 26.0 Å². The molecule has 0 aliphatic rings. The third-order valence-corrected chi connectivity index (χ3v) is 13.3. The number of hydrogen-bond acceptors (Lipinski definition) is 7. The van der Waals surface area contributed by atoms with E-state index in [1.807, 2.05) is 30.5 Å². The molecule has 0 aliphatic carbocycles. The van der Waals surface area contributed by atoms with Crippen LogP contribution in [0.1, 0.15) is 43.0 Å². The minimum atomic E-state index is -4.07. The summed E-state index contributed by atoms with van der Waals surface area (Å²) >= 11 is 5.75. The van der Waals surface area contributed by atoms with E-state index in [1.165, 1.54) is 36.5 Å². The maximum Gasteiger partial charge on any atom is 0.268 e. The number of nitrogens with zero attached hydrogens (tertiary/aromatic N) is 5. The second-order valence-corrected chi connectivity index (χ2v) is 18.2. The number of benzene rings is 4. The van der Waals surface area contributed by atoms with E-state index in [2.05, 4.69) is 48.2 Å². The third-order valence-electron chi connectivity index (χ3n) is 9.15. The van der Waals surface area contributed by atoms with Crippen molar-refractivity contribution in [1.82, 2.24) is 23.3 Å². The summed E-state index contributed by atoms with van der Waals surface area (Å²) in [7, 11) is -4.07. The quantitative estimate of drug-likeness (QED) is 0.0572. The maximum atomic E-state index is 16.5. The van der Waals surface area contributed by atoms with Gasteiger partial charge < -0.3 is 14.3 Å². The summed E-state index contributed by atoms with van der Waals surface area (Å²) < 4.78 is 77.3. The van der Waals surface area contributed by atoms with Gasteiger partial charge in [0.15, 0.2) is 17.9 Å². The van der Waals surface area contributed by atoms with Gasteiger partial charge in [-0.25, -0.2) is 25.6 Å². The molecular formula is C40H34BrF2IN5O5PS. The van der Waals surface area contributed by atoms with Gasteiger partial charge in [0.05, 0.1) is 41.3 Å². The van der Waals surface area contributed by atoms with E-state index in [1.54, 1.807) is 65.7 Å². The molecule has 3 aromatic heterocycles. The van der Waals surface area contributed by atoms with E-state index in [0.717, 1.165) is 31.9 Å². The van der Waals surface area contributed by atoms with Crippen LogP contribution < -0.4 is 4.74 Å². The summed E-state index contributed by atoms with van der Waals surface area (Å²) in [6, 6.07) is 23.8. The Bertz CT molecular complexity index is 2650. The highest BCUT2D eigenvalue weighted by Gasteiger charge is 2.26. The Kier molecular flexibility index (Phi) is 11.9. The van der Waals surface area contributed by atoms with Gasteiger partial charge >= 0.3 is 0 Å². The van der Waals surface area contributed by atoms with Crippen LogP contribution >= 0.6 is 44.3 Å². The Hall–Kier alpha value is -4.28. The molecule has 0 saturated heterocycles. The summed E-state index contributed by atoms with van der Waals surface area (Å²) in [5.74, 6) is -1.35. The highest BCUT2D eigenvalue weighted by molar-refractivity contribution is 14.2. The van der Waals surface area contributed by atoms with Gasteiger partial charge in [0, 0.05) is 52.1 Å². The third kappa shape index (κ3) is 8.37. The number of carbonyl (C=O) groups is 1. The van der Waals surface area contributed by atoms with Crippen LogP contribution in [0.3, 0.4) is 0 Å². The first-order chi connectivity index (χ1) is 26.9. The first-order valence-electron chi connectivity index (χ1n) is 17.3. The summed E-state index contributed by atoms with van der Waals surface area (Å²) in [6.45, 7) is 3.57. The highest BCUT2D eigenvalue weighted by Crippen LogP contribution is 2.40. The molecule has 4 aromatic carbocycles. The van der Waals surface area contributed by atoms with Crippen LogP contribution in [0.15, 0.2) is 125 Å². The summed E-state index contributed by atoms with van der Waals surface area (Å²) in [5.41, 5.74) is 1.76. The lowest BCUT2D eigenvalue weighted by molar-refractivity contribution is -0.127. The van der Waals surface area contributed by atoms with Crippen molar-refractivity contribution in [2.24, 2.45) is 0 Å². The second kappa shape index (κ2) is 16.7. The summed E-state index contributed by atoms with van der Waals surface area (Å²) in [4.78, 5) is 11.6. The standard InChI is InChI=1S/C40H34BrF2IN5O5PS/c1-40(2,25-50)53-18-15-36(27-7-6-8-28(41)20-27)49-37(13-16-45-49)33-21-29(11-12-34(33)42)54-39-32(19-26-23-46-48(24-26)55-44)31-14-17-47(38(31)22-35(39)43)56(51,52)30-9-4-3-5-10-30/h3-14,16-17,20-25,36,55H,15,18-19H2,1-2H3. The highest BCUT2D eigenvalue weighted by atomic mass is 127. The lowest BCUT2D eigenvalue weighted by Gasteiger charge is -2.24. The second-order valence-electron chi connectivity index (χ2n) is 13.4. The molecule has 288 valence electrons. The SMILES string of the molecule is CC(C)(C=O)OCCC(c1cccc(Br)c1)n1nccc1-c1cc(Oc2c(F)cc3c(ccn3S(=O)(=O)c3ccccc3)c2Cc2cnn(PI)c2)ccc1F. The number of aldehydes is 1. The number of hydrogen-bond donors (Lipinski definition) is 0. The van der Waals surface area contributed by atoms with E-state index in [0.29, 0.717) is 29.4 Å². The molecule has 7 aromatic rings. The minimum absolute atomic E-state index is 0.0571. The van der Waals surface area contributed by atoms with Crippen molar-refractivity contribution in [1.29, 1.82) is 0 Å². The molecular weight excluding hydrogens is 938 g/mol. The molecule has 0 bridgehead atoms. The average Bonchev–Trinajstić information content (AvgIpc) is 3.96. The van der Waals surface area contributed by atoms with E-state index < -0.39 is 33.3 Å². The Morgan fingerprint density at radius 3 is 2.52 bits per heavy atom. The van der Waals surface area contributed by atoms with Gasteiger partial charge in [0.25, 0.3) is 10.0 Å². The molecule has 56 heavy (non-hydrogen) atoms. The number of carbonyl (C=O) groups excluding carboxylic acids is 1. The maximum absolute atomic E-state index is 16.5. The van der Waals surface area contributed by atoms with Crippen molar-refractivity contribution in [3.63, 3.8) is 0 Å². The van der Waals surface area contributed by atoms with E-state index in [-0.39, 0.29) is 40.5 Å². The largest absolute Gasteiger partial charge is 0.454 e. The smallest absolute Gasteiger partial charge is 0.268 e. The first kappa shape index (κ1) is 39.9. The Morgan fingerprint density at radius 1 is 0.982 bits per heavy atom. The van der Waals surface area contributed by atoms with Crippen molar-refractivity contribution in [2.75, 3.05) is 6.61 Å². The first-order valence-corrected chi connectivity index (χ1v) is 23.6. The van der Waals surface area contributed by atoms with Gasteiger partial charge in [-0.3, -0.25) is 4.68 Å². The van der Waals surface area contributed by atoms with Crippen LogP contribution in [0.5, 0.6) is 11.5 Å². The van der Waals surface area contributed by atoms with Crippen LogP contribution in [0.25, 0.3) is 22.2 Å². The molecule has 0 radical (unpaired) electrons. The molecule has 0 aliphatic heterocycles. The van der Waals surface area contributed by atoms with Crippen molar-refractivity contribution >= 4 is 71.6 Å². The Balaban J connectivity index is 1.30. The normalized spacial score (nSPS) is 12.8. The van der Waals surface area contributed by atoms with Crippen molar-refractivity contribution in [2.45, 2.75) is 43.2 Å². The van der Waals surface area contributed by atoms with Gasteiger partial charge in [0.1, 0.15) is 17.2 Å². The number of halogens is 4. The fourth-order valence-corrected chi connectivity index (χ4v) is 9.33. The zero-order valence-electron chi connectivity index (χ0n) is 29.9. The molecule has 0 N–H and O–H groups in total. The van der Waals surface area contributed by atoms with Crippen molar-refractivity contribution < 1.29 is 31.5 Å². The van der Waals surface area contributed by atoms with Crippen LogP contribution in [-0.4, -0.2) is 50.2 Å². The predicted molar refractivity (Wildman–Crippen MR) is 224 cm³/mol. The molecule has 0 spiro atoms. The number of aromatic nitrogens is 5. The monoisotopic (exact) mass is 971 g/mol. The van der Waals surface area contributed by atoms with Crippen molar-refractivity contribution in [3.05, 3.63) is 149 Å². The molecule has 2 unspecified atom stereocenters. The molecule has 10 nitrogen and oxygen atoms in total. The van der Waals surface area contributed by atoms with E-state index in [4.69, 9.17) is 9.47 Å². The Labute approximate surface area is 345 Å². The van der Waals surface area contributed by atoms with Gasteiger partial charge in [-0.15, -0.1) is 0 Å². The molecule has 16 heteroatoms. The summed E-state index contributed by atoms with van der Waals surface area (Å²) in [5, 5.41) is 9.44. The zero-order valence-corrected chi connectivity index (χ0v) is 35.5. The van der Waals surface area contributed by atoms with Crippen LogP contribution in [0.2, 0.25) is 0 Å². The molecule has 0 amide bonds. The number of rotatable bonds is 15. The molecule has 3 heterocycles. The number of ether oxygens (including phenoxy) is 2. The molecule has 2 atom stereocenters. The molecule has 0 saturated carbocycles. The van der Waals surface area contributed by atoms with Gasteiger partial charge in [0.2, 0.25) is 0 Å². The molecule has 7 rings (SSSR count). The molecule has 0 fully saturated rings. The van der Waals surface area contributed by atoms with E-state index in [9.17, 15) is 13.2 Å². The zero-order chi connectivity index (χ0) is 39.6. The van der Waals surface area contributed by atoms with Gasteiger partial charge in [-0.05, 0) is 108 Å². The van der Waals surface area contributed by atoms with E-state index >= 15 is 8.78 Å². The fraction of sp³-hybridized carbons (Fsp3) is 0.175. The Morgan fingerprint density at radius 2 is 1.79 bits per heavy atom. The topological polar surface area (TPSA) is 110 Å². The predicted octanol–water partition coefficient (Wildman–Crippen LogP) is 10.1. The lowest BCUT2D eigenvalue weighted by atomic mass is 10.0. The van der Waals surface area contributed by atoms with Gasteiger partial charge in [-0.1, -0.05) is 46.3 Å². The fourth-order valence-electron chi connectivity index (χ4n) is 6.45. The van der Waals surface area contributed by atoms with Crippen molar-refractivity contribution in [3.8, 4) is 22.8 Å². The minimum Gasteiger partial charge on any atom is -0.454 e. The average molecular weight is 973 g/mol. The van der Waals surface area contributed by atoms with Gasteiger partial charge in [-0.2, -0.15) is 10.2 Å². The lowest BCUT2D eigenvalue weighted by Crippen LogP contribution is -2.28. The van der Waals surface area contributed by atoms with Crippen LogP contribution in [0.4, 0.5) is 8.78 Å². The van der Waals surface area contributed by atoms with Crippen LogP contribution in [0, 0.1) is 11.6 Å².